The van der Waals surface area contributed by atoms with Crippen molar-refractivity contribution < 1.29 is 14.3 Å². The number of aldehydes is 2. The number of carbonyl (C=O) groups excluding carboxylic acids is 2. The molecular formula is C9H7ClO3. The SMILES string of the molecule is COc1cc(C=O)cc(Cl)c1C=O. The second kappa shape index (κ2) is 4.05. The van der Waals surface area contributed by atoms with Crippen LogP contribution in [0.2, 0.25) is 5.02 Å². The van der Waals surface area contributed by atoms with Crippen molar-refractivity contribution in [2.45, 2.75) is 0 Å². The molecule has 0 aliphatic heterocycles. The third-order valence-electron chi connectivity index (χ3n) is 1.59. The van der Waals surface area contributed by atoms with E-state index in [1.807, 2.05) is 0 Å². The van der Waals surface area contributed by atoms with E-state index in [4.69, 9.17) is 16.3 Å². The minimum Gasteiger partial charge on any atom is -0.496 e. The summed E-state index contributed by atoms with van der Waals surface area (Å²) in [6.45, 7) is 0. The zero-order valence-electron chi connectivity index (χ0n) is 6.91. The highest BCUT2D eigenvalue weighted by atomic mass is 35.5. The average molecular weight is 199 g/mol. The van der Waals surface area contributed by atoms with E-state index in [-0.39, 0.29) is 10.6 Å². The number of carbonyl (C=O) groups is 2. The molecule has 0 spiro atoms. The fourth-order valence-corrected chi connectivity index (χ4v) is 1.23. The van der Waals surface area contributed by atoms with Gasteiger partial charge in [0.25, 0.3) is 0 Å². The first-order valence-corrected chi connectivity index (χ1v) is 3.88. The molecule has 0 aliphatic carbocycles. The van der Waals surface area contributed by atoms with Crippen LogP contribution in [-0.2, 0) is 0 Å². The van der Waals surface area contributed by atoms with E-state index in [1.165, 1.54) is 19.2 Å². The lowest BCUT2D eigenvalue weighted by Gasteiger charge is -2.05. The predicted octanol–water partition coefficient (Wildman–Crippen LogP) is 1.97. The van der Waals surface area contributed by atoms with Crippen LogP contribution in [0.5, 0.6) is 5.75 Å². The van der Waals surface area contributed by atoms with Crippen LogP contribution in [0.1, 0.15) is 20.7 Å². The molecule has 0 amide bonds. The van der Waals surface area contributed by atoms with Gasteiger partial charge in [0.15, 0.2) is 6.29 Å². The van der Waals surface area contributed by atoms with Gasteiger partial charge in [-0.2, -0.15) is 0 Å². The maximum Gasteiger partial charge on any atom is 0.155 e. The Hall–Kier alpha value is -1.35. The quantitative estimate of drug-likeness (QED) is 0.698. The molecule has 0 radical (unpaired) electrons. The van der Waals surface area contributed by atoms with E-state index in [0.29, 0.717) is 23.9 Å². The molecule has 0 N–H and O–H groups in total. The van der Waals surface area contributed by atoms with E-state index < -0.39 is 0 Å². The first-order valence-electron chi connectivity index (χ1n) is 3.50. The predicted molar refractivity (Wildman–Crippen MR) is 48.8 cm³/mol. The van der Waals surface area contributed by atoms with Crippen LogP contribution in [0, 0.1) is 0 Å². The zero-order chi connectivity index (χ0) is 9.84. The van der Waals surface area contributed by atoms with Gasteiger partial charge in [0.1, 0.15) is 12.0 Å². The summed E-state index contributed by atoms with van der Waals surface area (Å²) in [5, 5.41) is 0.219. The monoisotopic (exact) mass is 198 g/mol. The van der Waals surface area contributed by atoms with Crippen molar-refractivity contribution in [3.05, 3.63) is 28.3 Å². The third kappa shape index (κ3) is 1.87. The Bertz CT molecular complexity index is 347. The number of halogens is 1. The van der Waals surface area contributed by atoms with Crippen molar-refractivity contribution in [2.75, 3.05) is 7.11 Å². The molecule has 1 rings (SSSR count). The van der Waals surface area contributed by atoms with Gasteiger partial charge in [-0.15, -0.1) is 0 Å². The van der Waals surface area contributed by atoms with Crippen LogP contribution >= 0.6 is 11.6 Å². The van der Waals surface area contributed by atoms with Gasteiger partial charge in [0.05, 0.1) is 17.7 Å². The van der Waals surface area contributed by atoms with Gasteiger partial charge in [-0.25, -0.2) is 0 Å². The fraction of sp³-hybridized carbons (Fsp3) is 0.111. The molecule has 1 aromatic rings. The van der Waals surface area contributed by atoms with Gasteiger partial charge in [-0.05, 0) is 12.1 Å². The average Bonchev–Trinajstić information content (AvgIpc) is 2.16. The molecular weight excluding hydrogens is 192 g/mol. The Labute approximate surface area is 80.3 Å². The third-order valence-corrected chi connectivity index (χ3v) is 1.90. The minimum atomic E-state index is 0.219. The van der Waals surface area contributed by atoms with Crippen LogP contribution in [0.15, 0.2) is 12.1 Å². The summed E-state index contributed by atoms with van der Waals surface area (Å²) < 4.78 is 4.88. The Balaban J connectivity index is 3.36. The standard InChI is InChI=1S/C9H7ClO3/c1-13-9-3-6(4-11)2-8(10)7(9)5-12/h2-5H,1H3. The maximum absolute atomic E-state index is 10.6. The first kappa shape index (κ1) is 9.74. The zero-order valence-corrected chi connectivity index (χ0v) is 7.67. The van der Waals surface area contributed by atoms with Gasteiger partial charge in [0, 0.05) is 5.56 Å². The molecule has 0 saturated carbocycles. The van der Waals surface area contributed by atoms with Crippen molar-refractivity contribution in [2.24, 2.45) is 0 Å². The highest BCUT2D eigenvalue weighted by Crippen LogP contribution is 2.26. The molecule has 1 aromatic carbocycles. The van der Waals surface area contributed by atoms with E-state index in [1.54, 1.807) is 0 Å². The first-order chi connectivity index (χ1) is 6.22. The van der Waals surface area contributed by atoms with Crippen molar-refractivity contribution in [1.82, 2.24) is 0 Å². The lowest BCUT2D eigenvalue weighted by Crippen LogP contribution is -1.93. The smallest absolute Gasteiger partial charge is 0.155 e. The van der Waals surface area contributed by atoms with E-state index >= 15 is 0 Å². The lowest BCUT2D eigenvalue weighted by molar-refractivity contribution is 0.111. The molecule has 0 unspecified atom stereocenters. The van der Waals surface area contributed by atoms with Crippen molar-refractivity contribution in [3.8, 4) is 5.75 Å². The fourth-order valence-electron chi connectivity index (χ4n) is 0.964. The maximum atomic E-state index is 10.6. The molecule has 3 nitrogen and oxygen atoms in total. The molecule has 0 heterocycles. The van der Waals surface area contributed by atoms with Crippen molar-refractivity contribution >= 4 is 24.2 Å². The van der Waals surface area contributed by atoms with Crippen LogP contribution in [-0.4, -0.2) is 19.7 Å². The van der Waals surface area contributed by atoms with Gasteiger partial charge < -0.3 is 4.74 Å². The van der Waals surface area contributed by atoms with Crippen LogP contribution in [0.3, 0.4) is 0 Å². The van der Waals surface area contributed by atoms with Gasteiger partial charge >= 0.3 is 0 Å². The van der Waals surface area contributed by atoms with Crippen molar-refractivity contribution in [1.29, 1.82) is 0 Å². The number of benzene rings is 1. The van der Waals surface area contributed by atoms with Gasteiger partial charge in [0.2, 0.25) is 0 Å². The topological polar surface area (TPSA) is 43.4 Å². The summed E-state index contributed by atoms with van der Waals surface area (Å²) >= 11 is 5.72. The molecule has 13 heavy (non-hydrogen) atoms. The molecule has 0 atom stereocenters. The summed E-state index contributed by atoms with van der Waals surface area (Å²) in [7, 11) is 1.41. The second-order valence-corrected chi connectivity index (χ2v) is 2.76. The summed E-state index contributed by atoms with van der Waals surface area (Å²) in [6, 6.07) is 2.88. The molecule has 0 aromatic heterocycles. The van der Waals surface area contributed by atoms with Crippen LogP contribution in [0.4, 0.5) is 0 Å². The lowest BCUT2D eigenvalue weighted by atomic mass is 10.1. The highest BCUT2D eigenvalue weighted by molar-refractivity contribution is 6.33. The Kier molecular flexibility index (Phi) is 3.03. The Morgan fingerprint density at radius 3 is 2.46 bits per heavy atom. The number of ether oxygens (including phenoxy) is 1. The van der Waals surface area contributed by atoms with Crippen LogP contribution in [0.25, 0.3) is 0 Å². The molecule has 4 heteroatoms. The van der Waals surface area contributed by atoms with E-state index in [0.717, 1.165) is 0 Å². The molecule has 0 saturated heterocycles. The minimum absolute atomic E-state index is 0.219. The summed E-state index contributed by atoms with van der Waals surface area (Å²) in [5.74, 6) is 0.310. The van der Waals surface area contributed by atoms with Crippen molar-refractivity contribution in [3.63, 3.8) is 0 Å². The van der Waals surface area contributed by atoms with E-state index in [9.17, 15) is 9.59 Å². The Morgan fingerprint density at radius 2 is 2.00 bits per heavy atom. The van der Waals surface area contributed by atoms with Crippen LogP contribution < -0.4 is 4.74 Å². The number of hydrogen-bond acceptors (Lipinski definition) is 3. The normalized spacial score (nSPS) is 9.38. The van der Waals surface area contributed by atoms with E-state index in [2.05, 4.69) is 0 Å². The molecule has 0 bridgehead atoms. The number of methoxy groups -OCH3 is 1. The number of rotatable bonds is 3. The molecule has 68 valence electrons. The largest absolute Gasteiger partial charge is 0.496 e. The molecule has 0 fully saturated rings. The van der Waals surface area contributed by atoms with Gasteiger partial charge in [-0.3, -0.25) is 9.59 Å². The number of hydrogen-bond donors (Lipinski definition) is 0. The summed E-state index contributed by atoms with van der Waals surface area (Å²) in [4.78, 5) is 21.0. The highest BCUT2D eigenvalue weighted by Gasteiger charge is 2.08. The summed E-state index contributed by atoms with van der Waals surface area (Å²) in [5.41, 5.74) is 0.641. The Morgan fingerprint density at radius 1 is 1.31 bits per heavy atom. The molecule has 0 aliphatic rings. The summed E-state index contributed by atoms with van der Waals surface area (Å²) in [6.07, 6.45) is 1.23. The second-order valence-electron chi connectivity index (χ2n) is 2.35. The van der Waals surface area contributed by atoms with Gasteiger partial charge in [-0.1, -0.05) is 11.6 Å².